The minimum atomic E-state index is -3.67. The van der Waals surface area contributed by atoms with E-state index in [4.69, 9.17) is 23.2 Å². The van der Waals surface area contributed by atoms with Crippen LogP contribution in [0.25, 0.3) is 0 Å². The molecule has 0 N–H and O–H groups in total. The van der Waals surface area contributed by atoms with Crippen molar-refractivity contribution in [1.29, 1.82) is 0 Å². The number of hydrogen-bond acceptors (Lipinski definition) is 5. The SMILES string of the molecule is O=S(=O)(CCN1CCN(S(=O)(=O)c2ccc(Cl)c(Cl)c2)CC1)c1ccccc1. The molecule has 1 saturated heterocycles. The van der Waals surface area contributed by atoms with E-state index in [1.807, 2.05) is 4.90 Å². The topological polar surface area (TPSA) is 74.8 Å². The van der Waals surface area contributed by atoms with Crippen molar-refractivity contribution in [3.63, 3.8) is 0 Å². The van der Waals surface area contributed by atoms with E-state index in [1.54, 1.807) is 30.3 Å². The van der Waals surface area contributed by atoms with E-state index in [1.165, 1.54) is 22.5 Å². The number of rotatable bonds is 6. The first-order chi connectivity index (χ1) is 13.2. The van der Waals surface area contributed by atoms with Gasteiger partial charge in [0.15, 0.2) is 9.84 Å². The lowest BCUT2D eigenvalue weighted by molar-refractivity contribution is 0.197. The van der Waals surface area contributed by atoms with E-state index in [2.05, 4.69) is 0 Å². The quantitative estimate of drug-likeness (QED) is 0.659. The van der Waals surface area contributed by atoms with Crippen LogP contribution < -0.4 is 0 Å². The van der Waals surface area contributed by atoms with Gasteiger partial charge in [-0.1, -0.05) is 41.4 Å². The number of sulfone groups is 1. The Balaban J connectivity index is 1.59. The average molecular weight is 463 g/mol. The minimum absolute atomic E-state index is 0.00342. The van der Waals surface area contributed by atoms with Crippen LogP contribution in [-0.2, 0) is 19.9 Å². The zero-order chi connectivity index (χ0) is 20.4. The van der Waals surface area contributed by atoms with Crippen LogP contribution >= 0.6 is 23.2 Å². The number of hydrogen-bond donors (Lipinski definition) is 0. The van der Waals surface area contributed by atoms with Gasteiger partial charge in [-0.15, -0.1) is 0 Å². The molecule has 1 aliphatic rings. The second kappa shape index (κ2) is 8.69. The molecule has 0 aromatic heterocycles. The summed E-state index contributed by atoms with van der Waals surface area (Å²) in [6.45, 7) is 1.86. The molecule has 0 unspecified atom stereocenters. The summed E-state index contributed by atoms with van der Waals surface area (Å²) in [7, 11) is -7.02. The van der Waals surface area contributed by atoms with E-state index >= 15 is 0 Å². The maximum absolute atomic E-state index is 12.8. The summed E-state index contributed by atoms with van der Waals surface area (Å²) < 4.78 is 51.7. The molecule has 1 fully saturated rings. The van der Waals surface area contributed by atoms with Crippen molar-refractivity contribution in [1.82, 2.24) is 9.21 Å². The second-order valence-corrected chi connectivity index (χ2v) is 11.3. The van der Waals surface area contributed by atoms with Crippen molar-refractivity contribution >= 4 is 43.1 Å². The Morgan fingerprint density at radius 2 is 1.43 bits per heavy atom. The summed E-state index contributed by atoms with van der Waals surface area (Å²) in [5, 5.41) is 0.484. The molecular formula is C18H20Cl2N2O4S2. The van der Waals surface area contributed by atoms with Crippen molar-refractivity contribution < 1.29 is 16.8 Å². The van der Waals surface area contributed by atoms with Crippen molar-refractivity contribution in [3.8, 4) is 0 Å². The Kier molecular flexibility index (Phi) is 6.69. The van der Waals surface area contributed by atoms with Crippen LogP contribution in [0, 0.1) is 0 Å². The third kappa shape index (κ3) is 4.87. The van der Waals surface area contributed by atoms with Gasteiger partial charge in [-0.05, 0) is 30.3 Å². The monoisotopic (exact) mass is 462 g/mol. The highest BCUT2D eigenvalue weighted by Crippen LogP contribution is 2.27. The van der Waals surface area contributed by atoms with E-state index in [0.717, 1.165) is 0 Å². The molecule has 2 aromatic carbocycles. The van der Waals surface area contributed by atoms with Crippen LogP contribution in [0.2, 0.25) is 10.0 Å². The third-order valence-electron chi connectivity index (χ3n) is 4.64. The molecule has 0 amide bonds. The number of nitrogens with zero attached hydrogens (tertiary/aromatic N) is 2. The average Bonchev–Trinajstić information content (AvgIpc) is 2.69. The lowest BCUT2D eigenvalue weighted by Gasteiger charge is -2.33. The van der Waals surface area contributed by atoms with Gasteiger partial charge in [0, 0.05) is 32.7 Å². The molecule has 1 heterocycles. The van der Waals surface area contributed by atoms with Crippen LogP contribution in [-0.4, -0.2) is 64.5 Å². The zero-order valence-corrected chi connectivity index (χ0v) is 18.1. The highest BCUT2D eigenvalue weighted by Gasteiger charge is 2.29. The van der Waals surface area contributed by atoms with Crippen LogP contribution in [0.1, 0.15) is 0 Å². The van der Waals surface area contributed by atoms with Crippen molar-refractivity contribution in [3.05, 3.63) is 58.6 Å². The van der Waals surface area contributed by atoms with Crippen LogP contribution in [0.3, 0.4) is 0 Å². The lowest BCUT2D eigenvalue weighted by atomic mass is 10.4. The zero-order valence-electron chi connectivity index (χ0n) is 15.0. The first kappa shape index (κ1) is 21.5. The summed E-state index contributed by atoms with van der Waals surface area (Å²) in [4.78, 5) is 2.36. The van der Waals surface area contributed by atoms with Crippen molar-refractivity contribution in [2.24, 2.45) is 0 Å². The standard InChI is InChI=1S/C18H20Cl2N2O4S2/c19-17-7-6-16(14-18(17)20)28(25,26)22-10-8-21(9-11-22)12-13-27(23,24)15-4-2-1-3-5-15/h1-7,14H,8-13H2. The second-order valence-electron chi connectivity index (χ2n) is 6.45. The molecule has 0 aliphatic carbocycles. The Morgan fingerprint density at radius 3 is 2.04 bits per heavy atom. The number of halogens is 2. The van der Waals surface area contributed by atoms with Crippen LogP contribution in [0.4, 0.5) is 0 Å². The maximum atomic E-state index is 12.8. The molecule has 0 bridgehead atoms. The highest BCUT2D eigenvalue weighted by molar-refractivity contribution is 7.91. The molecular weight excluding hydrogens is 443 g/mol. The third-order valence-corrected chi connectivity index (χ3v) is 8.98. The van der Waals surface area contributed by atoms with Crippen molar-refractivity contribution in [2.45, 2.75) is 9.79 Å². The predicted molar refractivity (Wildman–Crippen MR) is 110 cm³/mol. The summed E-state index contributed by atoms with van der Waals surface area (Å²) in [6, 6.07) is 12.6. The van der Waals surface area contributed by atoms with E-state index in [9.17, 15) is 16.8 Å². The first-order valence-corrected chi connectivity index (χ1v) is 12.5. The Morgan fingerprint density at radius 1 is 0.786 bits per heavy atom. The maximum Gasteiger partial charge on any atom is 0.243 e. The van der Waals surface area contributed by atoms with Crippen LogP contribution in [0.15, 0.2) is 58.3 Å². The highest BCUT2D eigenvalue weighted by atomic mass is 35.5. The predicted octanol–water partition coefficient (Wildman–Crippen LogP) is 2.77. The number of piperazine rings is 1. The largest absolute Gasteiger partial charge is 0.300 e. The first-order valence-electron chi connectivity index (χ1n) is 8.65. The Labute approximate surface area is 175 Å². The van der Waals surface area contributed by atoms with Gasteiger partial charge in [-0.25, -0.2) is 16.8 Å². The molecule has 0 saturated carbocycles. The van der Waals surface area contributed by atoms with Crippen LogP contribution in [0.5, 0.6) is 0 Å². The summed E-state index contributed by atoms with van der Waals surface area (Å²) in [5.41, 5.74) is 0. The minimum Gasteiger partial charge on any atom is -0.300 e. The summed E-state index contributed by atoms with van der Waals surface area (Å²) in [5.74, 6) is -0.00342. The van der Waals surface area contributed by atoms with E-state index in [-0.39, 0.29) is 28.8 Å². The fourth-order valence-electron chi connectivity index (χ4n) is 2.97. The summed E-state index contributed by atoms with van der Waals surface area (Å²) >= 11 is 11.8. The molecule has 0 radical (unpaired) electrons. The molecule has 10 heteroatoms. The molecule has 0 spiro atoms. The fourth-order valence-corrected chi connectivity index (χ4v) is 6.09. The Hall–Kier alpha value is -1.16. The fraction of sp³-hybridized carbons (Fsp3) is 0.333. The lowest BCUT2D eigenvalue weighted by Crippen LogP contribution is -2.49. The van der Waals surface area contributed by atoms with Gasteiger partial charge in [0.25, 0.3) is 0 Å². The van der Waals surface area contributed by atoms with Gasteiger partial charge in [0.1, 0.15) is 0 Å². The normalized spacial score (nSPS) is 16.9. The van der Waals surface area contributed by atoms with Crippen molar-refractivity contribution in [2.75, 3.05) is 38.5 Å². The molecule has 1 aliphatic heterocycles. The van der Waals surface area contributed by atoms with Gasteiger partial charge < -0.3 is 0 Å². The number of sulfonamides is 1. The Bertz CT molecular complexity index is 1040. The van der Waals surface area contributed by atoms with E-state index in [0.29, 0.717) is 29.6 Å². The number of benzene rings is 2. The van der Waals surface area contributed by atoms with Gasteiger partial charge in [0.2, 0.25) is 10.0 Å². The summed E-state index contributed by atoms with van der Waals surface area (Å²) in [6.07, 6.45) is 0. The smallest absolute Gasteiger partial charge is 0.243 e. The molecule has 6 nitrogen and oxygen atoms in total. The van der Waals surface area contributed by atoms with Gasteiger partial charge in [-0.3, -0.25) is 4.90 Å². The molecule has 3 rings (SSSR count). The van der Waals surface area contributed by atoms with E-state index < -0.39 is 19.9 Å². The molecule has 28 heavy (non-hydrogen) atoms. The van der Waals surface area contributed by atoms with Gasteiger partial charge in [-0.2, -0.15) is 4.31 Å². The molecule has 2 aromatic rings. The molecule has 152 valence electrons. The molecule has 0 atom stereocenters. The van der Waals surface area contributed by atoms with Gasteiger partial charge >= 0.3 is 0 Å². The van der Waals surface area contributed by atoms with Gasteiger partial charge in [0.05, 0.1) is 25.6 Å².